The van der Waals surface area contributed by atoms with Crippen molar-refractivity contribution in [3.63, 3.8) is 0 Å². The van der Waals surface area contributed by atoms with E-state index in [1.165, 1.54) is 7.11 Å². The molecule has 4 nitrogen and oxygen atoms in total. The number of hydrogen-bond acceptors (Lipinski definition) is 4. The molecule has 2 atom stereocenters. The molecule has 118 valence electrons. The molecule has 0 bridgehead atoms. The van der Waals surface area contributed by atoms with Crippen LogP contribution in [0.5, 0.6) is 0 Å². The average molecular weight is 302 g/mol. The van der Waals surface area contributed by atoms with Crippen LogP contribution in [-0.2, 0) is 19.0 Å². The summed E-state index contributed by atoms with van der Waals surface area (Å²) < 4.78 is 16.8. The van der Waals surface area contributed by atoms with Crippen LogP contribution in [0.2, 0.25) is 0 Å². The predicted molar refractivity (Wildman–Crippen MR) is 82.1 cm³/mol. The van der Waals surface area contributed by atoms with E-state index in [1.54, 1.807) is 0 Å². The quantitative estimate of drug-likeness (QED) is 0.786. The molecule has 2 heterocycles. The van der Waals surface area contributed by atoms with Crippen LogP contribution in [0.25, 0.3) is 0 Å². The van der Waals surface area contributed by atoms with Gasteiger partial charge in [-0.25, -0.2) is 4.79 Å². The molecule has 1 aromatic carbocycles. The summed E-state index contributed by atoms with van der Waals surface area (Å²) in [5.41, 5.74) is 1.19. The summed E-state index contributed by atoms with van der Waals surface area (Å²) in [5.74, 6) is -0.853. The molecule has 0 saturated carbocycles. The van der Waals surface area contributed by atoms with Crippen molar-refractivity contribution in [2.45, 2.75) is 38.4 Å². The minimum Gasteiger partial charge on any atom is -0.463 e. The van der Waals surface area contributed by atoms with Gasteiger partial charge in [-0.1, -0.05) is 44.2 Å². The highest BCUT2D eigenvalue weighted by molar-refractivity contribution is 5.86. The first-order valence-electron chi connectivity index (χ1n) is 7.61. The van der Waals surface area contributed by atoms with Gasteiger partial charge in [0.2, 0.25) is 11.5 Å². The molecular formula is C18H22O4. The van der Waals surface area contributed by atoms with Crippen molar-refractivity contribution in [2.24, 2.45) is 5.41 Å². The Morgan fingerprint density at radius 3 is 2.59 bits per heavy atom. The predicted octanol–water partition coefficient (Wildman–Crippen LogP) is 3.39. The highest BCUT2D eigenvalue weighted by Gasteiger charge is 2.50. The Kier molecular flexibility index (Phi) is 3.73. The molecular weight excluding hydrogens is 280 g/mol. The lowest BCUT2D eigenvalue weighted by atomic mass is 9.82. The van der Waals surface area contributed by atoms with Gasteiger partial charge in [-0.3, -0.25) is 0 Å². The zero-order valence-electron chi connectivity index (χ0n) is 13.3. The van der Waals surface area contributed by atoms with E-state index in [0.29, 0.717) is 13.0 Å². The molecule has 0 aliphatic carbocycles. The maximum absolute atomic E-state index is 12.0. The zero-order chi connectivity index (χ0) is 15.8. The third-order valence-electron chi connectivity index (χ3n) is 4.27. The minimum absolute atomic E-state index is 0.0415. The van der Waals surface area contributed by atoms with Crippen LogP contribution in [-0.4, -0.2) is 25.5 Å². The molecule has 1 aromatic rings. The third kappa shape index (κ3) is 2.88. The molecule has 4 heteroatoms. The van der Waals surface area contributed by atoms with E-state index in [0.717, 1.165) is 12.0 Å². The van der Waals surface area contributed by atoms with E-state index in [2.05, 4.69) is 26.0 Å². The summed E-state index contributed by atoms with van der Waals surface area (Å²) in [6.45, 7) is 4.93. The number of carbonyl (C=O) groups excluding carboxylic acids is 1. The van der Waals surface area contributed by atoms with E-state index in [9.17, 15) is 4.79 Å². The van der Waals surface area contributed by atoms with Crippen molar-refractivity contribution >= 4 is 5.97 Å². The molecule has 0 radical (unpaired) electrons. The van der Waals surface area contributed by atoms with Crippen LogP contribution >= 0.6 is 0 Å². The van der Waals surface area contributed by atoms with Crippen LogP contribution in [0.4, 0.5) is 0 Å². The van der Waals surface area contributed by atoms with Gasteiger partial charge in [0.25, 0.3) is 0 Å². The van der Waals surface area contributed by atoms with Crippen LogP contribution in [0.15, 0.2) is 42.2 Å². The van der Waals surface area contributed by atoms with Gasteiger partial charge in [0.05, 0.1) is 13.7 Å². The van der Waals surface area contributed by atoms with Crippen LogP contribution in [0.1, 0.15) is 38.2 Å². The van der Waals surface area contributed by atoms with Crippen LogP contribution < -0.4 is 0 Å². The highest BCUT2D eigenvalue weighted by Crippen LogP contribution is 2.48. The average Bonchev–Trinajstić information content (AvgIpc) is 2.81. The summed E-state index contributed by atoms with van der Waals surface area (Å²) in [6, 6.07) is 10.1. The second-order valence-electron chi connectivity index (χ2n) is 6.89. The first kappa shape index (κ1) is 15.1. The van der Waals surface area contributed by atoms with Gasteiger partial charge >= 0.3 is 5.97 Å². The Morgan fingerprint density at radius 2 is 2.00 bits per heavy atom. The Labute approximate surface area is 131 Å². The van der Waals surface area contributed by atoms with Gasteiger partial charge in [-0.05, 0) is 17.1 Å². The van der Waals surface area contributed by atoms with E-state index >= 15 is 0 Å². The van der Waals surface area contributed by atoms with E-state index in [1.807, 2.05) is 24.3 Å². The summed E-state index contributed by atoms with van der Waals surface area (Å²) in [6.07, 6.45) is 3.32. The topological polar surface area (TPSA) is 44.8 Å². The zero-order valence-corrected chi connectivity index (χ0v) is 13.3. The molecule has 2 aliphatic rings. The number of rotatable bonds is 2. The molecule has 2 aliphatic heterocycles. The second kappa shape index (κ2) is 5.43. The van der Waals surface area contributed by atoms with Gasteiger partial charge in [0, 0.05) is 18.8 Å². The lowest BCUT2D eigenvalue weighted by Crippen LogP contribution is -2.38. The van der Waals surface area contributed by atoms with E-state index in [4.69, 9.17) is 14.2 Å². The fourth-order valence-corrected chi connectivity index (χ4v) is 3.33. The van der Waals surface area contributed by atoms with Crippen molar-refractivity contribution in [2.75, 3.05) is 13.7 Å². The van der Waals surface area contributed by atoms with Gasteiger partial charge in [-0.2, -0.15) is 0 Å². The second-order valence-corrected chi connectivity index (χ2v) is 6.89. The van der Waals surface area contributed by atoms with E-state index < -0.39 is 11.8 Å². The molecule has 1 fully saturated rings. The maximum atomic E-state index is 12.0. The fraction of sp³-hybridized carbons (Fsp3) is 0.500. The molecule has 0 N–H and O–H groups in total. The number of methoxy groups -OCH3 is 1. The Morgan fingerprint density at radius 1 is 1.27 bits per heavy atom. The number of benzene rings is 1. The number of hydrogen-bond donors (Lipinski definition) is 0. The lowest BCUT2D eigenvalue weighted by Gasteiger charge is -2.37. The number of ether oxygens (including phenoxy) is 3. The van der Waals surface area contributed by atoms with Crippen LogP contribution in [0.3, 0.4) is 0 Å². The number of allylic oxidation sites excluding steroid dienone is 1. The molecule has 22 heavy (non-hydrogen) atoms. The maximum Gasteiger partial charge on any atom is 0.373 e. The van der Waals surface area contributed by atoms with Crippen molar-refractivity contribution < 1.29 is 19.0 Å². The summed E-state index contributed by atoms with van der Waals surface area (Å²) in [4.78, 5) is 12.0. The fourth-order valence-electron chi connectivity index (χ4n) is 3.33. The number of esters is 1. The standard InChI is InChI=1S/C18H22O4/c1-17(2)11-18(21-12-17)10-14(13-7-5-4-6-8-13)9-15(22-18)16(19)20-3/h4-9,14H,10-12H2,1-3H3/t14-,18-/m0/s1. The van der Waals surface area contributed by atoms with E-state index in [-0.39, 0.29) is 17.1 Å². The van der Waals surface area contributed by atoms with Crippen LogP contribution in [0, 0.1) is 5.41 Å². The van der Waals surface area contributed by atoms with Gasteiger partial charge in [0.15, 0.2) is 0 Å². The Balaban J connectivity index is 1.95. The van der Waals surface area contributed by atoms with Crippen molar-refractivity contribution in [1.82, 2.24) is 0 Å². The van der Waals surface area contributed by atoms with Crippen molar-refractivity contribution in [3.8, 4) is 0 Å². The van der Waals surface area contributed by atoms with Crippen molar-refractivity contribution in [1.29, 1.82) is 0 Å². The van der Waals surface area contributed by atoms with Gasteiger partial charge in [-0.15, -0.1) is 0 Å². The Hall–Kier alpha value is -1.81. The first-order chi connectivity index (χ1) is 10.4. The monoisotopic (exact) mass is 302 g/mol. The summed E-state index contributed by atoms with van der Waals surface area (Å²) in [5, 5.41) is 0. The SMILES string of the molecule is COC(=O)C1=C[C@H](c2ccccc2)C[C@@]2(CC(C)(C)CO2)O1. The lowest BCUT2D eigenvalue weighted by molar-refractivity contribution is -0.204. The molecule has 0 amide bonds. The minimum atomic E-state index is -0.734. The summed E-state index contributed by atoms with van der Waals surface area (Å²) in [7, 11) is 1.37. The Bertz CT molecular complexity index is 590. The largest absolute Gasteiger partial charge is 0.463 e. The molecule has 1 spiro atoms. The van der Waals surface area contributed by atoms with Gasteiger partial charge in [0.1, 0.15) is 0 Å². The van der Waals surface area contributed by atoms with Crippen molar-refractivity contribution in [3.05, 3.63) is 47.7 Å². The molecule has 0 aromatic heterocycles. The number of carbonyl (C=O) groups is 1. The molecule has 0 unspecified atom stereocenters. The normalized spacial score (nSPS) is 29.8. The third-order valence-corrected chi connectivity index (χ3v) is 4.27. The smallest absolute Gasteiger partial charge is 0.373 e. The highest BCUT2D eigenvalue weighted by atomic mass is 16.7. The molecule has 1 saturated heterocycles. The molecule has 3 rings (SSSR count). The first-order valence-corrected chi connectivity index (χ1v) is 7.61. The van der Waals surface area contributed by atoms with Gasteiger partial charge < -0.3 is 14.2 Å². The summed E-state index contributed by atoms with van der Waals surface area (Å²) >= 11 is 0.